The van der Waals surface area contributed by atoms with Gasteiger partial charge in [-0.1, -0.05) is 49.2 Å². The molecule has 0 spiro atoms. The predicted octanol–water partition coefficient (Wildman–Crippen LogP) is 6.97. The van der Waals surface area contributed by atoms with Crippen molar-refractivity contribution in [1.82, 2.24) is 19.8 Å². The van der Waals surface area contributed by atoms with Gasteiger partial charge in [0, 0.05) is 53.4 Å². The minimum Gasteiger partial charge on any atom is -0.494 e. The summed E-state index contributed by atoms with van der Waals surface area (Å²) in [6, 6.07) is 14.6. The number of carbonyl (C=O) groups is 1. The summed E-state index contributed by atoms with van der Waals surface area (Å²) in [6.45, 7) is 10.4. The number of nitrogens with zero attached hydrogens (tertiary/aromatic N) is 3. The van der Waals surface area contributed by atoms with Gasteiger partial charge in [0.15, 0.2) is 0 Å². The fourth-order valence-electron chi connectivity index (χ4n) is 5.19. The van der Waals surface area contributed by atoms with E-state index in [1.165, 1.54) is 11.3 Å². The predicted molar refractivity (Wildman–Crippen MR) is 172 cm³/mol. The third kappa shape index (κ3) is 6.42. The van der Waals surface area contributed by atoms with Gasteiger partial charge in [0.25, 0.3) is 11.5 Å². The Hall–Kier alpha value is -3.17. The van der Waals surface area contributed by atoms with Crippen molar-refractivity contribution in [3.8, 4) is 33.3 Å². The van der Waals surface area contributed by atoms with Crippen molar-refractivity contribution in [2.45, 2.75) is 40.2 Å². The molecule has 10 heteroatoms. The molecule has 0 saturated carbocycles. The number of amides is 1. The number of thiazole rings is 1. The molecule has 0 bridgehead atoms. The molecule has 1 aliphatic heterocycles. The molecule has 3 heterocycles. The number of carbonyl (C=O) groups excluding carboxylic acids is 1. The van der Waals surface area contributed by atoms with Gasteiger partial charge >= 0.3 is 0 Å². The first-order valence-electron chi connectivity index (χ1n) is 14.1. The minimum absolute atomic E-state index is 0.111. The number of nitrogens with one attached hydrogen (secondary N) is 1. The van der Waals surface area contributed by atoms with Crippen LogP contribution in [0, 0.1) is 5.92 Å². The Morgan fingerprint density at radius 2 is 1.93 bits per heavy atom. The lowest BCUT2D eigenvalue weighted by Crippen LogP contribution is -2.51. The van der Waals surface area contributed by atoms with Crippen molar-refractivity contribution in [1.29, 1.82) is 0 Å². The molecule has 0 aliphatic carbocycles. The summed E-state index contributed by atoms with van der Waals surface area (Å²) in [5.74, 6) is 0.647. The van der Waals surface area contributed by atoms with Gasteiger partial charge < -0.3 is 15.0 Å². The molecule has 2 aromatic carbocycles. The summed E-state index contributed by atoms with van der Waals surface area (Å²) >= 11 is 14.2. The van der Waals surface area contributed by atoms with E-state index in [-0.39, 0.29) is 23.4 Å². The van der Waals surface area contributed by atoms with Gasteiger partial charge in [-0.3, -0.25) is 14.2 Å². The van der Waals surface area contributed by atoms with Crippen LogP contribution in [0.3, 0.4) is 0 Å². The number of rotatable bonds is 8. The van der Waals surface area contributed by atoms with Crippen LogP contribution in [-0.2, 0) is 6.42 Å². The largest absolute Gasteiger partial charge is 0.494 e. The van der Waals surface area contributed by atoms with Gasteiger partial charge in [0.1, 0.15) is 10.8 Å². The van der Waals surface area contributed by atoms with Gasteiger partial charge in [-0.2, -0.15) is 0 Å². The number of piperazine rings is 1. The molecular formula is C32H34Cl2N4O3S. The van der Waals surface area contributed by atoms with Crippen LogP contribution < -0.4 is 15.6 Å². The lowest BCUT2D eigenvalue weighted by molar-refractivity contribution is 0.0707. The zero-order chi connectivity index (χ0) is 30.0. The van der Waals surface area contributed by atoms with E-state index in [2.05, 4.69) is 26.1 Å². The molecule has 1 amide bonds. The van der Waals surface area contributed by atoms with Crippen LogP contribution >= 0.6 is 34.5 Å². The quantitative estimate of drug-likeness (QED) is 0.229. The third-order valence-corrected chi connectivity index (χ3v) is 8.58. The van der Waals surface area contributed by atoms with E-state index in [1.807, 2.05) is 41.5 Å². The maximum atomic E-state index is 14.5. The summed E-state index contributed by atoms with van der Waals surface area (Å²) in [7, 11) is 0. The van der Waals surface area contributed by atoms with Gasteiger partial charge in [-0.25, -0.2) is 4.98 Å². The standard InChI is InChI=1S/C32H34Cl2N4O3S/c1-5-41-23-10-11-26(34)29(15-23)38-28(14-19(2)3)24(31(39)37-13-12-35-20(4)17-37)16-25(32(38)40)30-36-27(18-42-30)21-6-8-22(33)9-7-21/h6-11,15-16,18-20,35H,5,12-14,17H2,1-4H3/t20-/m1/s1. The van der Waals surface area contributed by atoms with Crippen molar-refractivity contribution in [2.75, 3.05) is 26.2 Å². The molecule has 220 valence electrons. The van der Waals surface area contributed by atoms with E-state index in [4.69, 9.17) is 32.9 Å². The number of ether oxygens (including phenoxy) is 1. The summed E-state index contributed by atoms with van der Waals surface area (Å²) in [6.07, 6.45) is 0.501. The summed E-state index contributed by atoms with van der Waals surface area (Å²) in [5.41, 5.74) is 3.25. The number of hydrogen-bond donors (Lipinski definition) is 1. The highest BCUT2D eigenvalue weighted by Crippen LogP contribution is 2.33. The number of hydrogen-bond acceptors (Lipinski definition) is 6. The fourth-order valence-corrected chi connectivity index (χ4v) is 6.36. The second-order valence-corrected chi connectivity index (χ2v) is 12.6. The van der Waals surface area contributed by atoms with Crippen LogP contribution in [0.4, 0.5) is 0 Å². The average molecular weight is 626 g/mol. The van der Waals surface area contributed by atoms with Crippen LogP contribution in [0.1, 0.15) is 43.7 Å². The Morgan fingerprint density at radius 1 is 1.17 bits per heavy atom. The third-order valence-electron chi connectivity index (χ3n) is 7.14. The monoisotopic (exact) mass is 624 g/mol. The van der Waals surface area contributed by atoms with Crippen LogP contribution in [0.2, 0.25) is 10.0 Å². The maximum absolute atomic E-state index is 14.5. The molecule has 1 saturated heterocycles. The topological polar surface area (TPSA) is 76.5 Å². The van der Waals surface area contributed by atoms with E-state index >= 15 is 0 Å². The van der Waals surface area contributed by atoms with Crippen molar-refractivity contribution < 1.29 is 9.53 Å². The van der Waals surface area contributed by atoms with Gasteiger partial charge in [-0.15, -0.1) is 11.3 Å². The summed E-state index contributed by atoms with van der Waals surface area (Å²) in [5, 5.41) is 6.85. The van der Waals surface area contributed by atoms with E-state index in [0.717, 1.165) is 11.3 Å². The first-order valence-corrected chi connectivity index (χ1v) is 15.8. The molecule has 1 aliphatic rings. The van der Waals surface area contributed by atoms with Crippen molar-refractivity contribution >= 4 is 40.4 Å². The van der Waals surface area contributed by atoms with E-state index in [9.17, 15) is 9.59 Å². The Kier molecular flexibility index (Phi) is 9.38. The molecule has 7 nitrogen and oxygen atoms in total. The van der Waals surface area contributed by atoms with Crippen LogP contribution in [-0.4, -0.2) is 52.6 Å². The molecule has 1 fully saturated rings. The molecule has 1 N–H and O–H groups in total. The zero-order valence-corrected chi connectivity index (χ0v) is 26.4. The van der Waals surface area contributed by atoms with Crippen LogP contribution in [0.25, 0.3) is 27.5 Å². The molecule has 0 unspecified atom stereocenters. The second kappa shape index (κ2) is 13.0. The highest BCUT2D eigenvalue weighted by Gasteiger charge is 2.29. The highest BCUT2D eigenvalue weighted by molar-refractivity contribution is 7.13. The molecule has 1 atom stereocenters. The van der Waals surface area contributed by atoms with Gasteiger partial charge in [0.2, 0.25) is 0 Å². The molecule has 5 rings (SSSR count). The molecule has 4 aromatic rings. The smallest absolute Gasteiger partial charge is 0.265 e. The Balaban J connectivity index is 1.76. The Morgan fingerprint density at radius 3 is 2.62 bits per heavy atom. The Bertz CT molecular complexity index is 1650. The first kappa shape index (κ1) is 30.3. The number of pyridine rings is 1. The Labute approximate surface area is 260 Å². The second-order valence-electron chi connectivity index (χ2n) is 10.9. The van der Waals surface area contributed by atoms with Gasteiger partial charge in [-0.05, 0) is 56.5 Å². The van der Waals surface area contributed by atoms with E-state index < -0.39 is 0 Å². The minimum atomic E-state index is -0.288. The molecule has 42 heavy (non-hydrogen) atoms. The highest BCUT2D eigenvalue weighted by atomic mass is 35.5. The van der Waals surface area contributed by atoms with Crippen molar-refractivity contribution in [3.63, 3.8) is 0 Å². The van der Waals surface area contributed by atoms with Crippen LogP contribution in [0.15, 0.2) is 58.7 Å². The number of benzene rings is 2. The first-order chi connectivity index (χ1) is 20.2. The van der Waals surface area contributed by atoms with Crippen molar-refractivity contribution in [3.05, 3.63) is 85.6 Å². The van der Waals surface area contributed by atoms with Crippen LogP contribution in [0.5, 0.6) is 5.75 Å². The summed E-state index contributed by atoms with van der Waals surface area (Å²) in [4.78, 5) is 35.4. The molecule has 0 radical (unpaired) electrons. The normalized spacial score (nSPS) is 15.3. The lowest BCUT2D eigenvalue weighted by Gasteiger charge is -2.33. The number of aromatic nitrogens is 2. The molecular weight excluding hydrogens is 591 g/mol. The zero-order valence-electron chi connectivity index (χ0n) is 24.1. The maximum Gasteiger partial charge on any atom is 0.265 e. The average Bonchev–Trinajstić information content (AvgIpc) is 3.45. The van der Waals surface area contributed by atoms with E-state index in [1.54, 1.807) is 28.8 Å². The molecule has 2 aromatic heterocycles. The lowest BCUT2D eigenvalue weighted by atomic mass is 9.99. The number of halogens is 2. The SMILES string of the molecule is CCOc1ccc(Cl)c(-n2c(CC(C)C)c(C(=O)N3CCN[C@H](C)C3)cc(-c3nc(-c4ccc(Cl)cc4)cs3)c2=O)c1. The van der Waals surface area contributed by atoms with Crippen molar-refractivity contribution in [2.24, 2.45) is 5.92 Å². The van der Waals surface area contributed by atoms with Gasteiger partial charge in [0.05, 0.1) is 34.1 Å². The van der Waals surface area contributed by atoms with E-state index in [0.29, 0.717) is 76.0 Å². The fraction of sp³-hybridized carbons (Fsp3) is 0.344. The summed E-state index contributed by atoms with van der Waals surface area (Å²) < 4.78 is 7.37.